The second-order valence-corrected chi connectivity index (χ2v) is 9.20. The molecule has 0 aromatic rings. The predicted octanol–water partition coefficient (Wildman–Crippen LogP) is 4.27. The highest BCUT2D eigenvalue weighted by Crippen LogP contribution is 2.69. The van der Waals surface area contributed by atoms with E-state index in [0.717, 1.165) is 44.9 Å². The van der Waals surface area contributed by atoms with Crippen molar-refractivity contribution in [3.8, 4) is 0 Å². The Labute approximate surface area is 134 Å². The molecule has 1 N–H and O–H groups in total. The minimum Gasteiger partial charge on any atom is -0.393 e. The van der Waals surface area contributed by atoms with Crippen molar-refractivity contribution in [1.82, 2.24) is 0 Å². The lowest BCUT2D eigenvalue weighted by Gasteiger charge is -2.61. The first-order valence-electron chi connectivity index (χ1n) is 9.22. The maximum absolute atomic E-state index is 12.6. The Bertz CT molecular complexity index is 550. The summed E-state index contributed by atoms with van der Waals surface area (Å²) in [5.74, 6) is 1.89. The lowest BCUT2D eigenvalue weighted by atomic mass is 9.43. The quantitative estimate of drug-likeness (QED) is 0.679. The topological polar surface area (TPSA) is 37.3 Å². The molecule has 3 fully saturated rings. The number of carbonyl (C=O) groups is 1. The summed E-state index contributed by atoms with van der Waals surface area (Å²) >= 11 is 0. The molecule has 2 heteroatoms. The molecule has 0 heterocycles. The van der Waals surface area contributed by atoms with Crippen LogP contribution in [0.1, 0.15) is 72.1 Å². The van der Waals surface area contributed by atoms with Crippen LogP contribution in [-0.4, -0.2) is 17.0 Å². The molecule has 0 aromatic carbocycles. The summed E-state index contributed by atoms with van der Waals surface area (Å²) in [6, 6.07) is 0. The summed E-state index contributed by atoms with van der Waals surface area (Å²) in [5, 5.41) is 10.0. The second-order valence-electron chi connectivity index (χ2n) is 9.20. The van der Waals surface area contributed by atoms with E-state index in [9.17, 15) is 9.90 Å². The number of hydrogen-bond acceptors (Lipinski definition) is 2. The van der Waals surface area contributed by atoms with Gasteiger partial charge >= 0.3 is 0 Å². The Kier molecular flexibility index (Phi) is 3.03. The molecule has 122 valence electrons. The van der Waals surface area contributed by atoms with Crippen LogP contribution in [-0.2, 0) is 4.79 Å². The van der Waals surface area contributed by atoms with E-state index in [0.29, 0.717) is 17.6 Å². The molecule has 0 saturated heterocycles. The smallest absolute Gasteiger partial charge is 0.139 e. The third-order valence-electron chi connectivity index (χ3n) is 8.63. The maximum Gasteiger partial charge on any atom is 0.139 e. The first-order valence-corrected chi connectivity index (χ1v) is 9.22. The zero-order valence-electron chi connectivity index (χ0n) is 14.3. The average Bonchev–Trinajstić information content (AvgIpc) is 2.72. The lowest BCUT2D eigenvalue weighted by molar-refractivity contribution is -0.141. The normalized spacial score (nSPS) is 54.3. The van der Waals surface area contributed by atoms with Gasteiger partial charge in [0.15, 0.2) is 0 Å². The molecule has 6 atom stereocenters. The summed E-state index contributed by atoms with van der Waals surface area (Å²) in [6.07, 6.45) is 10.6. The number of aliphatic hydroxyl groups is 1. The number of Topliss-reactive ketones (excluding diaryl/α,β-unsaturated/α-hetero) is 1. The fraction of sp³-hybridized carbons (Fsp3) is 0.850. The largest absolute Gasteiger partial charge is 0.393 e. The van der Waals surface area contributed by atoms with Gasteiger partial charge < -0.3 is 5.11 Å². The number of fused-ring (bicyclic) bond motifs is 5. The lowest BCUT2D eigenvalue weighted by Crippen LogP contribution is -2.55. The van der Waals surface area contributed by atoms with Crippen LogP contribution in [0.5, 0.6) is 0 Å². The van der Waals surface area contributed by atoms with E-state index in [2.05, 4.69) is 26.8 Å². The van der Waals surface area contributed by atoms with Crippen molar-refractivity contribution in [3.63, 3.8) is 0 Å². The van der Waals surface area contributed by atoms with Gasteiger partial charge in [-0.2, -0.15) is 0 Å². The van der Waals surface area contributed by atoms with Gasteiger partial charge in [-0.05, 0) is 67.6 Å². The highest BCUT2D eigenvalue weighted by atomic mass is 16.3. The molecule has 0 amide bonds. The molecule has 4 rings (SSSR count). The monoisotopic (exact) mass is 302 g/mol. The molecule has 0 aliphatic heterocycles. The number of rotatable bonds is 0. The molecule has 4 aliphatic carbocycles. The van der Waals surface area contributed by atoms with Gasteiger partial charge in [0.25, 0.3) is 0 Å². The van der Waals surface area contributed by atoms with Gasteiger partial charge in [-0.1, -0.05) is 32.4 Å². The van der Waals surface area contributed by atoms with Crippen LogP contribution in [0.2, 0.25) is 0 Å². The summed E-state index contributed by atoms with van der Waals surface area (Å²) < 4.78 is 0. The van der Waals surface area contributed by atoms with Crippen LogP contribution in [0, 0.1) is 28.1 Å². The van der Waals surface area contributed by atoms with E-state index in [4.69, 9.17) is 0 Å². The Hall–Kier alpha value is -0.630. The van der Waals surface area contributed by atoms with Gasteiger partial charge in [-0.25, -0.2) is 0 Å². The number of allylic oxidation sites excluding steroid dienone is 1. The Morgan fingerprint density at radius 3 is 2.64 bits per heavy atom. The third kappa shape index (κ3) is 1.63. The standard InChI is InChI=1S/C20H30O2/c1-18-9-6-14(21)12-13(18)4-5-16-15(18)7-10-20(3)17(22)8-11-19(16,20)2/h4,14-16,21H,5-12H2,1-3H3/t14-,15-,16+,18-,19-,20+/m0/s1. The Morgan fingerprint density at radius 2 is 1.86 bits per heavy atom. The van der Waals surface area contributed by atoms with Crippen molar-refractivity contribution in [3.05, 3.63) is 11.6 Å². The van der Waals surface area contributed by atoms with Gasteiger partial charge in [-0.15, -0.1) is 0 Å². The van der Waals surface area contributed by atoms with E-state index in [1.165, 1.54) is 12.0 Å². The van der Waals surface area contributed by atoms with Crippen molar-refractivity contribution >= 4 is 5.78 Å². The van der Waals surface area contributed by atoms with E-state index < -0.39 is 0 Å². The SMILES string of the molecule is C[C@]12CC[C@H](O)CC1=CC[C@@H]1[C@@H]2CC[C@]2(C)C(=O)CC[C@@]12C. The fourth-order valence-corrected chi connectivity index (χ4v) is 6.76. The van der Waals surface area contributed by atoms with Gasteiger partial charge in [0, 0.05) is 11.8 Å². The number of aliphatic hydroxyl groups excluding tert-OH is 1. The first kappa shape index (κ1) is 14.9. The molecule has 0 spiro atoms. The Balaban J connectivity index is 1.75. The van der Waals surface area contributed by atoms with E-state index in [1.54, 1.807) is 0 Å². The van der Waals surface area contributed by atoms with Crippen LogP contribution in [0.4, 0.5) is 0 Å². The summed E-state index contributed by atoms with van der Waals surface area (Å²) in [6.45, 7) is 7.11. The molecule has 0 radical (unpaired) electrons. The zero-order valence-corrected chi connectivity index (χ0v) is 14.3. The first-order chi connectivity index (χ1) is 10.3. The maximum atomic E-state index is 12.6. The van der Waals surface area contributed by atoms with Crippen molar-refractivity contribution in [2.24, 2.45) is 28.1 Å². The third-order valence-corrected chi connectivity index (χ3v) is 8.63. The molecule has 3 saturated carbocycles. The van der Waals surface area contributed by atoms with Crippen LogP contribution in [0.15, 0.2) is 11.6 Å². The number of carbonyl (C=O) groups excluding carboxylic acids is 1. The van der Waals surface area contributed by atoms with Crippen LogP contribution in [0.3, 0.4) is 0 Å². The average molecular weight is 302 g/mol. The van der Waals surface area contributed by atoms with Gasteiger partial charge in [0.1, 0.15) is 5.78 Å². The predicted molar refractivity (Wildman–Crippen MR) is 87.3 cm³/mol. The second kappa shape index (κ2) is 4.47. The van der Waals surface area contributed by atoms with E-state index in [1.807, 2.05) is 0 Å². The molecular formula is C20H30O2. The fourth-order valence-electron chi connectivity index (χ4n) is 6.76. The van der Waals surface area contributed by atoms with Crippen LogP contribution >= 0.6 is 0 Å². The number of ketones is 1. The highest BCUT2D eigenvalue weighted by Gasteiger charge is 2.64. The molecule has 0 bridgehead atoms. The molecule has 2 nitrogen and oxygen atoms in total. The van der Waals surface area contributed by atoms with Crippen LogP contribution in [0.25, 0.3) is 0 Å². The van der Waals surface area contributed by atoms with Gasteiger partial charge in [-0.3, -0.25) is 4.79 Å². The van der Waals surface area contributed by atoms with Crippen molar-refractivity contribution < 1.29 is 9.90 Å². The minimum atomic E-state index is -0.131. The summed E-state index contributed by atoms with van der Waals surface area (Å²) in [5.41, 5.74) is 1.90. The molecule has 4 aliphatic rings. The molecule has 0 unspecified atom stereocenters. The summed E-state index contributed by atoms with van der Waals surface area (Å²) in [4.78, 5) is 12.6. The number of hydrogen-bond donors (Lipinski definition) is 1. The van der Waals surface area contributed by atoms with E-state index >= 15 is 0 Å². The van der Waals surface area contributed by atoms with E-state index in [-0.39, 0.29) is 22.3 Å². The molecular weight excluding hydrogens is 272 g/mol. The van der Waals surface area contributed by atoms with Gasteiger partial charge in [0.05, 0.1) is 6.10 Å². The molecule has 0 aromatic heterocycles. The highest BCUT2D eigenvalue weighted by molar-refractivity contribution is 5.88. The van der Waals surface area contributed by atoms with Crippen molar-refractivity contribution in [2.45, 2.75) is 78.2 Å². The Morgan fingerprint density at radius 1 is 1.09 bits per heavy atom. The minimum absolute atomic E-state index is 0.0793. The van der Waals surface area contributed by atoms with Crippen molar-refractivity contribution in [1.29, 1.82) is 0 Å². The zero-order chi connectivity index (χ0) is 15.8. The van der Waals surface area contributed by atoms with Crippen LogP contribution < -0.4 is 0 Å². The summed E-state index contributed by atoms with van der Waals surface area (Å²) in [7, 11) is 0. The molecule has 22 heavy (non-hydrogen) atoms. The van der Waals surface area contributed by atoms with Crippen molar-refractivity contribution in [2.75, 3.05) is 0 Å². The van der Waals surface area contributed by atoms with Gasteiger partial charge in [0.2, 0.25) is 0 Å².